The van der Waals surface area contributed by atoms with Crippen molar-refractivity contribution >= 4 is 55.9 Å². The van der Waals surface area contributed by atoms with Gasteiger partial charge in [-0.15, -0.1) is 0 Å². The fraction of sp³-hybridized carbons (Fsp3) is 0.174. The van der Waals surface area contributed by atoms with E-state index in [1.807, 2.05) is 61.5 Å². The number of nitrogens with one attached hydrogen (secondary N) is 2. The lowest BCUT2D eigenvalue weighted by molar-refractivity contribution is -0.147. The maximum atomic E-state index is 12.2. The standard InChI is InChI=1S/C23H21BrN2O4/c1-15-13-17(24)9-10-19(15)25-22(28)14-30-23(29)12-11-21(27)26-20-8-4-6-16-5-2-3-7-18(16)20/h2-10,13H,11-12,14H2,1H3,(H,25,28)(H,26,27). The summed E-state index contributed by atoms with van der Waals surface area (Å²) in [5.41, 5.74) is 2.22. The number of benzene rings is 3. The van der Waals surface area contributed by atoms with E-state index >= 15 is 0 Å². The summed E-state index contributed by atoms with van der Waals surface area (Å²) in [6, 6.07) is 18.8. The summed E-state index contributed by atoms with van der Waals surface area (Å²) in [5.74, 6) is -1.34. The quantitative estimate of drug-likeness (QED) is 0.487. The van der Waals surface area contributed by atoms with Crippen LogP contribution in [-0.4, -0.2) is 24.4 Å². The first-order valence-electron chi connectivity index (χ1n) is 9.41. The molecule has 30 heavy (non-hydrogen) atoms. The molecule has 3 aromatic rings. The van der Waals surface area contributed by atoms with E-state index in [0.29, 0.717) is 11.4 Å². The summed E-state index contributed by atoms with van der Waals surface area (Å²) < 4.78 is 5.88. The molecule has 0 heterocycles. The molecule has 3 aromatic carbocycles. The highest BCUT2D eigenvalue weighted by Gasteiger charge is 2.12. The van der Waals surface area contributed by atoms with Crippen molar-refractivity contribution in [3.8, 4) is 0 Å². The number of carbonyl (C=O) groups excluding carboxylic acids is 3. The van der Waals surface area contributed by atoms with Crippen LogP contribution in [0, 0.1) is 6.92 Å². The van der Waals surface area contributed by atoms with Gasteiger partial charge in [-0.05, 0) is 42.1 Å². The summed E-state index contributed by atoms with van der Waals surface area (Å²) >= 11 is 3.36. The molecule has 0 aliphatic heterocycles. The number of amides is 2. The molecule has 0 saturated carbocycles. The lowest BCUT2D eigenvalue weighted by atomic mass is 10.1. The van der Waals surface area contributed by atoms with Crippen molar-refractivity contribution in [3.63, 3.8) is 0 Å². The van der Waals surface area contributed by atoms with Crippen molar-refractivity contribution in [1.29, 1.82) is 0 Å². The van der Waals surface area contributed by atoms with E-state index in [0.717, 1.165) is 20.8 Å². The van der Waals surface area contributed by atoms with Crippen molar-refractivity contribution in [1.82, 2.24) is 0 Å². The molecule has 0 saturated heterocycles. The third-order valence-electron chi connectivity index (χ3n) is 4.45. The normalized spacial score (nSPS) is 10.5. The fourth-order valence-electron chi connectivity index (χ4n) is 2.93. The van der Waals surface area contributed by atoms with E-state index in [1.54, 1.807) is 6.07 Å². The Morgan fingerprint density at radius 1 is 0.867 bits per heavy atom. The van der Waals surface area contributed by atoms with Crippen LogP contribution in [0.2, 0.25) is 0 Å². The van der Waals surface area contributed by atoms with Crippen LogP contribution in [0.15, 0.2) is 65.1 Å². The Labute approximate surface area is 182 Å². The molecule has 6 nitrogen and oxygen atoms in total. The minimum Gasteiger partial charge on any atom is -0.456 e. The van der Waals surface area contributed by atoms with E-state index in [-0.39, 0.29) is 18.7 Å². The van der Waals surface area contributed by atoms with E-state index < -0.39 is 18.5 Å². The molecule has 0 fully saturated rings. The van der Waals surface area contributed by atoms with E-state index in [9.17, 15) is 14.4 Å². The zero-order valence-corrected chi connectivity index (χ0v) is 18.0. The average Bonchev–Trinajstić information content (AvgIpc) is 2.73. The third kappa shape index (κ3) is 5.90. The zero-order chi connectivity index (χ0) is 21.5. The largest absolute Gasteiger partial charge is 0.456 e. The van der Waals surface area contributed by atoms with Gasteiger partial charge in [0.1, 0.15) is 0 Å². The lowest BCUT2D eigenvalue weighted by Crippen LogP contribution is -2.22. The molecule has 154 valence electrons. The van der Waals surface area contributed by atoms with Gasteiger partial charge in [-0.25, -0.2) is 0 Å². The fourth-order valence-corrected chi connectivity index (χ4v) is 3.41. The van der Waals surface area contributed by atoms with Gasteiger partial charge < -0.3 is 15.4 Å². The van der Waals surface area contributed by atoms with Crippen molar-refractivity contribution < 1.29 is 19.1 Å². The second-order valence-electron chi connectivity index (χ2n) is 6.74. The topological polar surface area (TPSA) is 84.5 Å². The van der Waals surface area contributed by atoms with Gasteiger partial charge in [0.05, 0.1) is 6.42 Å². The number of hydrogen-bond acceptors (Lipinski definition) is 4. The smallest absolute Gasteiger partial charge is 0.306 e. The van der Waals surface area contributed by atoms with Crippen LogP contribution >= 0.6 is 15.9 Å². The van der Waals surface area contributed by atoms with E-state index in [2.05, 4.69) is 26.6 Å². The van der Waals surface area contributed by atoms with Crippen LogP contribution in [0.4, 0.5) is 11.4 Å². The molecule has 7 heteroatoms. The Bertz CT molecular complexity index is 1090. The van der Waals surface area contributed by atoms with Gasteiger partial charge in [0.25, 0.3) is 5.91 Å². The number of fused-ring (bicyclic) bond motifs is 1. The molecule has 0 aliphatic rings. The maximum Gasteiger partial charge on any atom is 0.306 e. The molecular formula is C23H21BrN2O4. The highest BCUT2D eigenvalue weighted by Crippen LogP contribution is 2.23. The van der Waals surface area contributed by atoms with Gasteiger partial charge in [0.2, 0.25) is 5.91 Å². The van der Waals surface area contributed by atoms with Gasteiger partial charge in [-0.2, -0.15) is 0 Å². The molecule has 3 rings (SSSR count). The molecule has 2 amide bonds. The molecule has 0 bridgehead atoms. The van der Waals surface area contributed by atoms with Crippen LogP contribution in [0.25, 0.3) is 10.8 Å². The highest BCUT2D eigenvalue weighted by atomic mass is 79.9. The number of rotatable bonds is 7. The zero-order valence-electron chi connectivity index (χ0n) is 16.4. The Kier molecular flexibility index (Phi) is 7.19. The predicted octanol–water partition coefficient (Wildman–Crippen LogP) is 4.81. The van der Waals surface area contributed by atoms with Crippen molar-refractivity contribution in [2.75, 3.05) is 17.2 Å². The monoisotopic (exact) mass is 468 g/mol. The predicted molar refractivity (Wildman–Crippen MR) is 120 cm³/mol. The summed E-state index contributed by atoms with van der Waals surface area (Å²) in [6.45, 7) is 1.46. The van der Waals surface area contributed by atoms with Crippen LogP contribution in [0.5, 0.6) is 0 Å². The second kappa shape index (κ2) is 10.0. The Balaban J connectivity index is 1.44. The molecule has 2 N–H and O–H groups in total. The maximum absolute atomic E-state index is 12.2. The molecular weight excluding hydrogens is 448 g/mol. The molecule has 0 aliphatic carbocycles. The van der Waals surface area contributed by atoms with E-state index in [1.165, 1.54) is 0 Å². The third-order valence-corrected chi connectivity index (χ3v) is 4.94. The first-order valence-corrected chi connectivity index (χ1v) is 10.2. The molecule has 0 atom stereocenters. The molecule has 0 aromatic heterocycles. The van der Waals surface area contributed by atoms with Gasteiger partial charge in [0, 0.05) is 27.7 Å². The Morgan fingerprint density at radius 3 is 2.40 bits per heavy atom. The summed E-state index contributed by atoms with van der Waals surface area (Å²) in [4.78, 5) is 36.1. The number of aryl methyl sites for hydroxylation is 1. The van der Waals surface area contributed by atoms with Gasteiger partial charge in [0.15, 0.2) is 6.61 Å². The van der Waals surface area contributed by atoms with Gasteiger partial charge >= 0.3 is 5.97 Å². The Hall–Kier alpha value is -3.19. The number of anilines is 2. The second-order valence-corrected chi connectivity index (χ2v) is 7.66. The summed E-state index contributed by atoms with van der Waals surface area (Å²) in [6.07, 6.45) is -0.142. The summed E-state index contributed by atoms with van der Waals surface area (Å²) in [7, 11) is 0. The molecule has 0 radical (unpaired) electrons. The minimum atomic E-state index is -0.606. The van der Waals surface area contributed by atoms with Crippen molar-refractivity contribution in [2.45, 2.75) is 19.8 Å². The number of hydrogen-bond donors (Lipinski definition) is 2. The van der Waals surface area contributed by atoms with Gasteiger partial charge in [-0.3, -0.25) is 14.4 Å². The molecule has 0 spiro atoms. The van der Waals surface area contributed by atoms with Gasteiger partial charge in [-0.1, -0.05) is 52.3 Å². The number of halogens is 1. The minimum absolute atomic E-state index is 0.0322. The van der Waals surface area contributed by atoms with Crippen LogP contribution < -0.4 is 10.6 Å². The van der Waals surface area contributed by atoms with Crippen LogP contribution in [0.3, 0.4) is 0 Å². The van der Waals surface area contributed by atoms with Crippen molar-refractivity contribution in [2.24, 2.45) is 0 Å². The van der Waals surface area contributed by atoms with E-state index in [4.69, 9.17) is 4.74 Å². The number of esters is 1. The lowest BCUT2D eigenvalue weighted by Gasteiger charge is -2.10. The van der Waals surface area contributed by atoms with Crippen LogP contribution in [0.1, 0.15) is 18.4 Å². The Morgan fingerprint density at radius 2 is 1.60 bits per heavy atom. The SMILES string of the molecule is Cc1cc(Br)ccc1NC(=O)COC(=O)CCC(=O)Nc1cccc2ccccc12. The molecule has 0 unspecified atom stereocenters. The van der Waals surface area contributed by atoms with Crippen LogP contribution in [-0.2, 0) is 19.1 Å². The van der Waals surface area contributed by atoms with Crippen molar-refractivity contribution in [3.05, 3.63) is 70.7 Å². The number of ether oxygens (including phenoxy) is 1. The first kappa shape index (κ1) is 21.5. The first-order chi connectivity index (χ1) is 14.4. The highest BCUT2D eigenvalue weighted by molar-refractivity contribution is 9.10. The average molecular weight is 469 g/mol. The summed E-state index contributed by atoms with van der Waals surface area (Å²) in [5, 5.41) is 7.45. The number of carbonyl (C=O) groups is 3.